The van der Waals surface area contributed by atoms with E-state index >= 15 is 0 Å². The zero-order chi connectivity index (χ0) is 13.2. The summed E-state index contributed by atoms with van der Waals surface area (Å²) in [6.07, 6.45) is 15.0. The van der Waals surface area contributed by atoms with Crippen molar-refractivity contribution in [1.82, 2.24) is 29.5 Å². The van der Waals surface area contributed by atoms with Gasteiger partial charge in [0.15, 0.2) is 0 Å². The number of rotatable bonds is 2. The van der Waals surface area contributed by atoms with Crippen LogP contribution in [-0.2, 0) is 11.1 Å². The van der Waals surface area contributed by atoms with Crippen molar-refractivity contribution in [3.8, 4) is 0 Å². The fourth-order valence-electron chi connectivity index (χ4n) is 5.64. The van der Waals surface area contributed by atoms with Gasteiger partial charge in [-0.2, -0.15) is 5.10 Å². The van der Waals surface area contributed by atoms with Crippen LogP contribution >= 0.6 is 0 Å². The minimum absolute atomic E-state index is 0.171. The molecule has 20 heavy (non-hydrogen) atoms. The van der Waals surface area contributed by atoms with Crippen LogP contribution in [0.15, 0.2) is 25.3 Å². The molecule has 2 aromatic heterocycles. The topological polar surface area (TPSA) is 61.4 Å². The van der Waals surface area contributed by atoms with E-state index in [9.17, 15) is 0 Å². The summed E-state index contributed by atoms with van der Waals surface area (Å²) in [4.78, 5) is 4.19. The van der Waals surface area contributed by atoms with Crippen molar-refractivity contribution in [3.63, 3.8) is 0 Å². The van der Waals surface area contributed by atoms with Gasteiger partial charge >= 0.3 is 0 Å². The third kappa shape index (κ3) is 1.29. The van der Waals surface area contributed by atoms with Gasteiger partial charge in [0, 0.05) is 5.54 Å². The van der Waals surface area contributed by atoms with Crippen molar-refractivity contribution in [2.24, 2.45) is 11.8 Å². The van der Waals surface area contributed by atoms with Gasteiger partial charge in [0.2, 0.25) is 0 Å². The summed E-state index contributed by atoms with van der Waals surface area (Å²) < 4.78 is 4.42. The second-order valence-corrected chi connectivity index (χ2v) is 7.12. The summed E-state index contributed by atoms with van der Waals surface area (Å²) >= 11 is 0. The number of hydrogen-bond acceptors (Lipinski definition) is 4. The third-order valence-electron chi connectivity index (χ3n) is 5.87. The molecule has 2 unspecified atom stereocenters. The van der Waals surface area contributed by atoms with E-state index in [0.717, 1.165) is 18.3 Å². The first-order chi connectivity index (χ1) is 9.78. The molecule has 6 nitrogen and oxygen atoms in total. The highest BCUT2D eigenvalue weighted by Crippen LogP contribution is 2.62. The van der Waals surface area contributed by atoms with Crippen LogP contribution in [0, 0.1) is 11.8 Å². The molecule has 0 spiro atoms. The highest BCUT2D eigenvalue weighted by atomic mass is 15.4. The average Bonchev–Trinajstić information content (AvgIpc) is 3.12. The van der Waals surface area contributed by atoms with E-state index < -0.39 is 0 Å². The molecule has 104 valence electrons. The lowest BCUT2D eigenvalue weighted by atomic mass is 9.50. The minimum atomic E-state index is 0.171. The molecule has 4 aliphatic rings. The van der Waals surface area contributed by atoms with Crippen LogP contribution < -0.4 is 0 Å². The van der Waals surface area contributed by atoms with E-state index in [1.54, 1.807) is 6.33 Å². The van der Waals surface area contributed by atoms with Gasteiger partial charge in [-0.25, -0.2) is 9.67 Å². The highest BCUT2D eigenvalue weighted by molar-refractivity contribution is 5.12. The van der Waals surface area contributed by atoms with Gasteiger partial charge in [-0.05, 0) is 50.4 Å². The Morgan fingerprint density at radius 1 is 0.900 bits per heavy atom. The summed E-state index contributed by atoms with van der Waals surface area (Å²) in [6.45, 7) is 0. The zero-order valence-corrected chi connectivity index (χ0v) is 11.4. The number of hydrogen-bond donors (Lipinski definition) is 0. The second-order valence-electron chi connectivity index (χ2n) is 7.12. The smallest absolute Gasteiger partial charge is 0.137 e. The molecule has 0 amide bonds. The minimum Gasteiger partial charge on any atom is -0.314 e. The maximum Gasteiger partial charge on any atom is 0.137 e. The van der Waals surface area contributed by atoms with Gasteiger partial charge in [0.25, 0.3) is 0 Å². The van der Waals surface area contributed by atoms with Gasteiger partial charge in [-0.1, -0.05) is 0 Å². The van der Waals surface area contributed by atoms with Crippen LogP contribution in [0.1, 0.15) is 38.5 Å². The molecule has 4 fully saturated rings. The summed E-state index contributed by atoms with van der Waals surface area (Å²) in [7, 11) is 0. The maximum atomic E-state index is 4.48. The molecule has 2 heterocycles. The zero-order valence-electron chi connectivity index (χ0n) is 11.4. The van der Waals surface area contributed by atoms with Crippen molar-refractivity contribution < 1.29 is 0 Å². The van der Waals surface area contributed by atoms with Crippen molar-refractivity contribution in [2.45, 2.75) is 49.6 Å². The number of nitrogens with zero attached hydrogens (tertiary/aromatic N) is 6. The van der Waals surface area contributed by atoms with Crippen molar-refractivity contribution in [3.05, 3.63) is 25.3 Å². The van der Waals surface area contributed by atoms with Gasteiger partial charge in [0.05, 0.1) is 5.54 Å². The van der Waals surface area contributed by atoms with Crippen LogP contribution in [0.4, 0.5) is 0 Å². The molecule has 2 aromatic rings. The highest BCUT2D eigenvalue weighted by Gasteiger charge is 2.59. The Bertz CT molecular complexity index is 550. The van der Waals surface area contributed by atoms with E-state index in [1.165, 1.54) is 32.1 Å². The van der Waals surface area contributed by atoms with Gasteiger partial charge in [-0.15, -0.1) is 10.2 Å². The van der Waals surface area contributed by atoms with Crippen molar-refractivity contribution >= 4 is 0 Å². The van der Waals surface area contributed by atoms with Crippen LogP contribution in [0.3, 0.4) is 0 Å². The van der Waals surface area contributed by atoms with Crippen molar-refractivity contribution in [2.75, 3.05) is 0 Å². The molecule has 0 N–H and O–H groups in total. The fourth-order valence-corrected chi connectivity index (χ4v) is 5.64. The molecular formula is C14H18N6. The molecule has 6 heteroatoms. The average molecular weight is 270 g/mol. The van der Waals surface area contributed by atoms with E-state index in [0.29, 0.717) is 0 Å². The molecule has 0 radical (unpaired) electrons. The Balaban J connectivity index is 1.64. The normalized spacial score (nSPS) is 42.2. The molecule has 4 aliphatic carbocycles. The Kier molecular flexibility index (Phi) is 1.91. The number of aromatic nitrogens is 6. The summed E-state index contributed by atoms with van der Waals surface area (Å²) in [5.74, 6) is 1.62. The molecule has 4 atom stereocenters. The van der Waals surface area contributed by atoms with Gasteiger partial charge < -0.3 is 4.57 Å². The van der Waals surface area contributed by atoms with E-state index in [4.69, 9.17) is 0 Å². The fraction of sp³-hybridized carbons (Fsp3) is 0.714. The largest absolute Gasteiger partial charge is 0.314 e. The summed E-state index contributed by atoms with van der Waals surface area (Å²) in [5, 5.41) is 12.6. The van der Waals surface area contributed by atoms with E-state index in [2.05, 4.69) is 29.5 Å². The Morgan fingerprint density at radius 2 is 1.60 bits per heavy atom. The first kappa shape index (κ1) is 11.0. The lowest BCUT2D eigenvalue weighted by Crippen LogP contribution is -2.60. The molecule has 0 saturated heterocycles. The predicted octanol–water partition coefficient (Wildman–Crippen LogP) is 1.57. The SMILES string of the molecule is c1ncn(C23C[C@@H]4C[C@@H](CC(n5cnnc5)(C4)C2)C3)n1. The van der Waals surface area contributed by atoms with Crippen LogP contribution in [-0.4, -0.2) is 29.5 Å². The quantitative estimate of drug-likeness (QED) is 0.831. The van der Waals surface area contributed by atoms with Gasteiger partial charge in [-0.3, -0.25) is 0 Å². The predicted molar refractivity (Wildman–Crippen MR) is 70.7 cm³/mol. The molecule has 6 rings (SSSR count). The van der Waals surface area contributed by atoms with E-state index in [-0.39, 0.29) is 11.1 Å². The molecule has 0 aliphatic heterocycles. The van der Waals surface area contributed by atoms with Crippen LogP contribution in [0.2, 0.25) is 0 Å². The van der Waals surface area contributed by atoms with Crippen LogP contribution in [0.25, 0.3) is 0 Å². The molecular weight excluding hydrogens is 252 g/mol. The Hall–Kier alpha value is -1.72. The second kappa shape index (κ2) is 3.48. The monoisotopic (exact) mass is 270 g/mol. The third-order valence-corrected chi connectivity index (χ3v) is 5.87. The van der Waals surface area contributed by atoms with Crippen LogP contribution in [0.5, 0.6) is 0 Å². The first-order valence-corrected chi connectivity index (χ1v) is 7.48. The molecule has 4 saturated carbocycles. The molecule has 4 bridgehead atoms. The summed E-state index contributed by atoms with van der Waals surface area (Å²) in [5.41, 5.74) is 0.379. The maximum absolute atomic E-state index is 4.48. The Morgan fingerprint density at radius 3 is 2.25 bits per heavy atom. The van der Waals surface area contributed by atoms with Gasteiger partial charge in [0.1, 0.15) is 25.3 Å². The first-order valence-electron chi connectivity index (χ1n) is 7.48. The molecule has 0 aromatic carbocycles. The standard InChI is InChI=1S/C14H18N6/c1-11-2-13(19-9-16-17-10-19)3-12(1)5-14(4-11,6-13)20-8-15-7-18-20/h7-12H,1-6H2/t11-,12+,13?,14?. The Labute approximate surface area is 117 Å². The summed E-state index contributed by atoms with van der Waals surface area (Å²) in [6, 6.07) is 0. The van der Waals surface area contributed by atoms with E-state index in [1.807, 2.05) is 19.0 Å². The lowest BCUT2D eigenvalue weighted by molar-refractivity contribution is -0.0976. The van der Waals surface area contributed by atoms with Crippen molar-refractivity contribution in [1.29, 1.82) is 0 Å². The lowest BCUT2D eigenvalue weighted by Gasteiger charge is -2.61.